The molecule has 1 fully saturated rings. The second-order valence-electron chi connectivity index (χ2n) is 4.54. The molecule has 3 heteroatoms. The van der Waals surface area contributed by atoms with Crippen LogP contribution in [0.25, 0.3) is 0 Å². The number of nitrogens with two attached hydrogens (primary N) is 1. The van der Waals surface area contributed by atoms with Crippen LogP contribution in [0, 0.1) is 11.8 Å². The molecule has 0 bridgehead atoms. The quantitative estimate of drug-likeness (QED) is 0.514. The van der Waals surface area contributed by atoms with Crippen molar-refractivity contribution in [3.8, 4) is 0 Å². The fourth-order valence-electron chi connectivity index (χ4n) is 2.04. The standard InChI is InChI=1S/C10H22N2O/c1-7(2)4-10(12-11)9-5-8(3)13-6-9/h7-10,12H,4-6,11H2,1-3H3. The summed E-state index contributed by atoms with van der Waals surface area (Å²) in [5.41, 5.74) is 2.92. The molecule has 3 atom stereocenters. The zero-order chi connectivity index (χ0) is 9.84. The van der Waals surface area contributed by atoms with Gasteiger partial charge < -0.3 is 4.74 Å². The first-order valence-electron chi connectivity index (χ1n) is 5.21. The zero-order valence-corrected chi connectivity index (χ0v) is 8.92. The van der Waals surface area contributed by atoms with Crippen molar-refractivity contribution in [2.24, 2.45) is 17.7 Å². The maximum Gasteiger partial charge on any atom is 0.0551 e. The lowest BCUT2D eigenvalue weighted by atomic mass is 9.91. The van der Waals surface area contributed by atoms with Gasteiger partial charge in [0.2, 0.25) is 0 Å². The highest BCUT2D eigenvalue weighted by atomic mass is 16.5. The third kappa shape index (κ3) is 3.25. The minimum atomic E-state index is 0.410. The number of ether oxygens (including phenoxy) is 1. The highest BCUT2D eigenvalue weighted by Crippen LogP contribution is 2.25. The van der Waals surface area contributed by atoms with E-state index in [4.69, 9.17) is 10.6 Å². The second-order valence-corrected chi connectivity index (χ2v) is 4.54. The molecule has 0 aromatic carbocycles. The highest BCUT2D eigenvalue weighted by molar-refractivity contribution is 4.81. The minimum Gasteiger partial charge on any atom is -0.378 e. The molecular formula is C10H22N2O. The Hall–Kier alpha value is -0.120. The average Bonchev–Trinajstić information content (AvgIpc) is 2.47. The average molecular weight is 186 g/mol. The summed E-state index contributed by atoms with van der Waals surface area (Å²) in [6.07, 6.45) is 2.69. The van der Waals surface area contributed by atoms with Crippen molar-refractivity contribution in [3.05, 3.63) is 0 Å². The van der Waals surface area contributed by atoms with Crippen LogP contribution in [0.2, 0.25) is 0 Å². The highest BCUT2D eigenvalue weighted by Gasteiger charge is 2.29. The monoisotopic (exact) mass is 186 g/mol. The molecule has 0 aromatic rings. The van der Waals surface area contributed by atoms with Crippen molar-refractivity contribution in [1.29, 1.82) is 0 Å². The molecular weight excluding hydrogens is 164 g/mol. The first kappa shape index (κ1) is 11.0. The van der Waals surface area contributed by atoms with Gasteiger partial charge in [0, 0.05) is 12.0 Å². The maximum atomic E-state index is 5.54. The van der Waals surface area contributed by atoms with Gasteiger partial charge in [0.15, 0.2) is 0 Å². The molecule has 0 radical (unpaired) electrons. The van der Waals surface area contributed by atoms with Gasteiger partial charge >= 0.3 is 0 Å². The van der Waals surface area contributed by atoms with Gasteiger partial charge in [-0.3, -0.25) is 11.3 Å². The Kier molecular flexibility index (Phi) is 4.16. The van der Waals surface area contributed by atoms with E-state index in [-0.39, 0.29) is 0 Å². The van der Waals surface area contributed by atoms with Gasteiger partial charge in [-0.05, 0) is 25.7 Å². The SMILES string of the molecule is CC(C)CC(NN)C1COC(C)C1. The fourth-order valence-corrected chi connectivity index (χ4v) is 2.04. The molecule has 3 N–H and O–H groups in total. The second kappa shape index (κ2) is 4.94. The molecule has 78 valence electrons. The molecule has 0 aromatic heterocycles. The first-order chi connectivity index (χ1) is 6.13. The van der Waals surface area contributed by atoms with Crippen LogP contribution in [0.15, 0.2) is 0 Å². The Morgan fingerprint density at radius 3 is 2.62 bits per heavy atom. The van der Waals surface area contributed by atoms with E-state index < -0.39 is 0 Å². The number of hydrogen-bond donors (Lipinski definition) is 2. The van der Waals surface area contributed by atoms with Gasteiger partial charge in [-0.2, -0.15) is 0 Å². The van der Waals surface area contributed by atoms with E-state index in [1.165, 1.54) is 0 Å². The predicted molar refractivity (Wildman–Crippen MR) is 54.1 cm³/mol. The van der Waals surface area contributed by atoms with Crippen LogP contribution in [-0.4, -0.2) is 18.8 Å². The van der Waals surface area contributed by atoms with Crippen molar-refractivity contribution >= 4 is 0 Å². The lowest BCUT2D eigenvalue weighted by molar-refractivity contribution is 0.116. The first-order valence-corrected chi connectivity index (χ1v) is 5.21. The molecule has 0 saturated carbocycles. The van der Waals surface area contributed by atoms with Crippen LogP contribution >= 0.6 is 0 Å². The van der Waals surface area contributed by atoms with E-state index in [2.05, 4.69) is 26.2 Å². The number of hydrogen-bond acceptors (Lipinski definition) is 3. The van der Waals surface area contributed by atoms with Gasteiger partial charge in [0.1, 0.15) is 0 Å². The van der Waals surface area contributed by atoms with Crippen LogP contribution in [-0.2, 0) is 4.74 Å². The van der Waals surface area contributed by atoms with E-state index >= 15 is 0 Å². The fraction of sp³-hybridized carbons (Fsp3) is 1.00. The minimum absolute atomic E-state index is 0.410. The van der Waals surface area contributed by atoms with Crippen molar-refractivity contribution in [3.63, 3.8) is 0 Å². The molecule has 1 saturated heterocycles. The van der Waals surface area contributed by atoms with E-state index in [0.717, 1.165) is 19.4 Å². The van der Waals surface area contributed by atoms with Crippen molar-refractivity contribution in [1.82, 2.24) is 5.43 Å². The summed E-state index contributed by atoms with van der Waals surface area (Å²) in [7, 11) is 0. The van der Waals surface area contributed by atoms with E-state index in [1.54, 1.807) is 0 Å². The largest absolute Gasteiger partial charge is 0.378 e. The molecule has 1 aliphatic heterocycles. The summed E-state index contributed by atoms with van der Waals surface area (Å²) >= 11 is 0. The van der Waals surface area contributed by atoms with Gasteiger partial charge in [-0.15, -0.1) is 0 Å². The van der Waals surface area contributed by atoms with E-state index in [0.29, 0.717) is 24.0 Å². The number of nitrogens with one attached hydrogen (secondary N) is 1. The summed E-state index contributed by atoms with van der Waals surface area (Å²) in [6.45, 7) is 7.44. The van der Waals surface area contributed by atoms with Gasteiger partial charge in [0.25, 0.3) is 0 Å². The van der Waals surface area contributed by atoms with Gasteiger partial charge in [-0.25, -0.2) is 0 Å². The molecule has 1 heterocycles. The molecule has 3 unspecified atom stereocenters. The van der Waals surface area contributed by atoms with Crippen LogP contribution in [0.4, 0.5) is 0 Å². The van der Waals surface area contributed by atoms with Crippen LogP contribution in [0.1, 0.15) is 33.6 Å². The summed E-state index contributed by atoms with van der Waals surface area (Å²) in [6, 6.07) is 0.421. The molecule has 0 amide bonds. The molecule has 13 heavy (non-hydrogen) atoms. The van der Waals surface area contributed by atoms with Crippen LogP contribution in [0.3, 0.4) is 0 Å². The van der Waals surface area contributed by atoms with Crippen molar-refractivity contribution in [2.45, 2.75) is 45.8 Å². The summed E-state index contributed by atoms with van der Waals surface area (Å²) in [5.74, 6) is 6.83. The normalized spacial score (nSPS) is 31.2. The summed E-state index contributed by atoms with van der Waals surface area (Å²) in [5, 5.41) is 0. The summed E-state index contributed by atoms with van der Waals surface area (Å²) < 4.78 is 5.53. The zero-order valence-electron chi connectivity index (χ0n) is 8.92. The molecule has 0 aliphatic carbocycles. The van der Waals surface area contributed by atoms with Gasteiger partial charge in [-0.1, -0.05) is 13.8 Å². The molecule has 1 rings (SSSR count). The third-order valence-electron chi connectivity index (χ3n) is 2.74. The van der Waals surface area contributed by atoms with Crippen LogP contribution < -0.4 is 11.3 Å². The Labute approximate surface area is 81.0 Å². The number of hydrazine groups is 1. The third-order valence-corrected chi connectivity index (χ3v) is 2.74. The molecule has 3 nitrogen and oxygen atoms in total. The molecule has 0 spiro atoms. The van der Waals surface area contributed by atoms with E-state index in [9.17, 15) is 0 Å². The Balaban J connectivity index is 2.37. The number of rotatable bonds is 4. The Morgan fingerprint density at radius 1 is 1.54 bits per heavy atom. The van der Waals surface area contributed by atoms with Crippen molar-refractivity contribution in [2.75, 3.05) is 6.61 Å². The van der Waals surface area contributed by atoms with Gasteiger partial charge in [0.05, 0.1) is 12.7 Å². The Morgan fingerprint density at radius 2 is 2.23 bits per heavy atom. The lowest BCUT2D eigenvalue weighted by Crippen LogP contribution is -2.42. The predicted octanol–water partition coefficient (Wildman–Crippen LogP) is 1.29. The van der Waals surface area contributed by atoms with E-state index in [1.807, 2.05) is 0 Å². The topological polar surface area (TPSA) is 47.3 Å². The smallest absolute Gasteiger partial charge is 0.0551 e. The summed E-state index contributed by atoms with van der Waals surface area (Å²) in [4.78, 5) is 0. The Bertz CT molecular complexity index is 150. The van der Waals surface area contributed by atoms with Crippen LogP contribution in [0.5, 0.6) is 0 Å². The van der Waals surface area contributed by atoms with Crippen molar-refractivity contribution < 1.29 is 4.74 Å². The maximum absolute atomic E-state index is 5.54. The lowest BCUT2D eigenvalue weighted by Gasteiger charge is -2.23. The molecule has 1 aliphatic rings.